The van der Waals surface area contributed by atoms with E-state index >= 15 is 0 Å². The van der Waals surface area contributed by atoms with Crippen LogP contribution in [0, 0.1) is 5.82 Å². The average molecular weight is 514 g/mol. The zero-order valence-electron chi connectivity index (χ0n) is 21.0. The summed E-state index contributed by atoms with van der Waals surface area (Å²) in [5, 5.41) is 11.4. The fourth-order valence-electron chi connectivity index (χ4n) is 4.95. The minimum absolute atomic E-state index is 0.0155. The predicted octanol–water partition coefficient (Wildman–Crippen LogP) is 4.61. The lowest BCUT2D eigenvalue weighted by molar-refractivity contribution is -0.127. The van der Waals surface area contributed by atoms with Crippen molar-refractivity contribution in [2.75, 3.05) is 4.90 Å². The molecule has 0 aliphatic heterocycles. The quantitative estimate of drug-likeness (QED) is 0.347. The molecular weight excluding hydrogens is 485 g/mol. The monoisotopic (exact) mass is 513 g/mol. The molecule has 4 aromatic rings. The second kappa shape index (κ2) is 10.9. The van der Waals surface area contributed by atoms with Gasteiger partial charge in [0.1, 0.15) is 23.9 Å². The summed E-state index contributed by atoms with van der Waals surface area (Å²) in [5.74, 6) is -1.32. The zero-order chi connectivity index (χ0) is 26.6. The van der Waals surface area contributed by atoms with E-state index in [9.17, 15) is 18.8 Å². The van der Waals surface area contributed by atoms with E-state index in [0.29, 0.717) is 27.8 Å². The Kier molecular flexibility index (Phi) is 7.26. The number of carbonyl (C=O) groups is 3. The van der Waals surface area contributed by atoms with E-state index in [0.717, 1.165) is 25.7 Å². The van der Waals surface area contributed by atoms with E-state index in [1.165, 1.54) is 40.8 Å². The van der Waals surface area contributed by atoms with Gasteiger partial charge in [0.2, 0.25) is 11.8 Å². The molecule has 8 nitrogen and oxygen atoms in total. The first kappa shape index (κ1) is 25.3. The third-order valence-corrected chi connectivity index (χ3v) is 6.92. The molecule has 1 atom stereocenters. The number of carbonyl (C=O) groups excluding carboxylic acids is 3. The summed E-state index contributed by atoms with van der Waals surface area (Å²) in [4.78, 5) is 41.1. The van der Waals surface area contributed by atoms with E-state index in [1.54, 1.807) is 30.3 Å². The number of halogens is 1. The first-order valence-electron chi connectivity index (χ1n) is 12.7. The molecule has 1 aliphatic rings. The van der Waals surface area contributed by atoms with Crippen LogP contribution in [0.1, 0.15) is 54.6 Å². The van der Waals surface area contributed by atoms with Crippen molar-refractivity contribution in [1.29, 1.82) is 0 Å². The first-order chi connectivity index (χ1) is 18.4. The Morgan fingerprint density at radius 1 is 1.00 bits per heavy atom. The molecule has 0 spiro atoms. The summed E-state index contributed by atoms with van der Waals surface area (Å²) < 4.78 is 15.3. The fourth-order valence-corrected chi connectivity index (χ4v) is 4.95. The van der Waals surface area contributed by atoms with Crippen LogP contribution in [0.4, 0.5) is 10.1 Å². The molecule has 1 heterocycles. The van der Waals surface area contributed by atoms with Crippen molar-refractivity contribution in [3.05, 3.63) is 89.7 Å². The molecule has 0 bridgehead atoms. The van der Waals surface area contributed by atoms with Crippen LogP contribution in [-0.4, -0.2) is 38.6 Å². The van der Waals surface area contributed by atoms with Crippen LogP contribution in [-0.2, 0) is 16.1 Å². The van der Waals surface area contributed by atoms with Crippen LogP contribution in [0.5, 0.6) is 0 Å². The maximum atomic E-state index is 14.0. The van der Waals surface area contributed by atoms with Crippen molar-refractivity contribution in [3.63, 3.8) is 0 Å². The highest BCUT2D eigenvalue weighted by molar-refractivity contribution is 6.02. The van der Waals surface area contributed by atoms with Crippen molar-refractivity contribution in [3.8, 4) is 0 Å². The van der Waals surface area contributed by atoms with Gasteiger partial charge in [0.15, 0.2) is 5.78 Å². The predicted molar refractivity (Wildman–Crippen MR) is 141 cm³/mol. The highest BCUT2D eigenvalue weighted by atomic mass is 19.1. The number of Topliss-reactive ketones (excluding diaryl/α,β-unsaturated/α-hetero) is 1. The van der Waals surface area contributed by atoms with Gasteiger partial charge in [-0.05, 0) is 73.9 Å². The van der Waals surface area contributed by atoms with Crippen LogP contribution >= 0.6 is 0 Å². The SMILES string of the molecule is CC(=O)c1ccc(N(C(=O)Cn2nnc3ccccc32)C(C(=O)NC2CCCC2)c2ccc(F)cc2)cc1. The summed E-state index contributed by atoms with van der Waals surface area (Å²) in [6.07, 6.45) is 3.80. The summed E-state index contributed by atoms with van der Waals surface area (Å²) >= 11 is 0. The third-order valence-electron chi connectivity index (χ3n) is 6.92. The summed E-state index contributed by atoms with van der Waals surface area (Å²) in [7, 11) is 0. The molecule has 5 rings (SSSR count). The number of fused-ring (bicyclic) bond motifs is 1. The number of nitrogens with zero attached hydrogens (tertiary/aromatic N) is 4. The number of para-hydroxylation sites is 1. The molecule has 9 heteroatoms. The van der Waals surface area contributed by atoms with Crippen molar-refractivity contribution >= 4 is 34.3 Å². The molecule has 3 aromatic carbocycles. The average Bonchev–Trinajstić information content (AvgIpc) is 3.58. The van der Waals surface area contributed by atoms with Gasteiger partial charge in [-0.3, -0.25) is 19.3 Å². The van der Waals surface area contributed by atoms with Gasteiger partial charge in [0.05, 0.1) is 5.52 Å². The van der Waals surface area contributed by atoms with Gasteiger partial charge in [-0.15, -0.1) is 5.10 Å². The molecule has 1 unspecified atom stereocenters. The van der Waals surface area contributed by atoms with Gasteiger partial charge < -0.3 is 5.32 Å². The Hall–Kier alpha value is -4.40. The van der Waals surface area contributed by atoms with E-state index in [-0.39, 0.29) is 24.3 Å². The van der Waals surface area contributed by atoms with Crippen LogP contribution in [0.15, 0.2) is 72.8 Å². The topological polar surface area (TPSA) is 97.2 Å². The summed E-state index contributed by atoms with van der Waals surface area (Å²) in [6.45, 7) is 1.29. The van der Waals surface area contributed by atoms with Gasteiger partial charge in [0, 0.05) is 17.3 Å². The van der Waals surface area contributed by atoms with Crippen molar-refractivity contribution in [2.24, 2.45) is 0 Å². The standard InChI is InChI=1S/C29H28FN5O3/c1-19(36)20-12-16-24(17-13-20)35(27(37)18-34-26-9-5-4-8-25(26)32-33-34)28(21-10-14-22(30)15-11-21)29(38)31-23-6-2-3-7-23/h4-5,8-17,23,28H,2-3,6-7,18H2,1H3,(H,31,38). The fraction of sp³-hybridized carbons (Fsp3) is 0.276. The Balaban J connectivity index is 1.57. The lowest BCUT2D eigenvalue weighted by Crippen LogP contribution is -2.47. The molecule has 1 N–H and O–H groups in total. The molecule has 38 heavy (non-hydrogen) atoms. The Labute approximate surface area is 219 Å². The minimum Gasteiger partial charge on any atom is -0.351 e. The third kappa shape index (κ3) is 5.32. The second-order valence-corrected chi connectivity index (χ2v) is 9.55. The van der Waals surface area contributed by atoms with Crippen LogP contribution in [0.2, 0.25) is 0 Å². The molecule has 2 amide bonds. The Morgan fingerprint density at radius 3 is 2.37 bits per heavy atom. The molecule has 1 fully saturated rings. The molecule has 194 valence electrons. The van der Waals surface area contributed by atoms with Crippen LogP contribution in [0.3, 0.4) is 0 Å². The maximum absolute atomic E-state index is 14.0. The number of aromatic nitrogens is 3. The van der Waals surface area contributed by atoms with Gasteiger partial charge in [-0.2, -0.15) is 0 Å². The Morgan fingerprint density at radius 2 is 1.68 bits per heavy atom. The van der Waals surface area contributed by atoms with Gasteiger partial charge >= 0.3 is 0 Å². The number of benzene rings is 3. The number of hydrogen-bond donors (Lipinski definition) is 1. The Bertz CT molecular complexity index is 1460. The van der Waals surface area contributed by atoms with Crippen LogP contribution < -0.4 is 10.2 Å². The maximum Gasteiger partial charge on any atom is 0.249 e. The number of rotatable bonds is 8. The molecule has 1 aromatic heterocycles. The molecular formula is C29H28FN5O3. The van der Waals surface area contributed by atoms with Gasteiger partial charge in [-0.25, -0.2) is 9.07 Å². The highest BCUT2D eigenvalue weighted by Crippen LogP contribution is 2.30. The molecule has 0 radical (unpaired) electrons. The zero-order valence-corrected chi connectivity index (χ0v) is 21.0. The van der Waals surface area contributed by atoms with Crippen molar-refractivity contribution < 1.29 is 18.8 Å². The highest BCUT2D eigenvalue weighted by Gasteiger charge is 2.34. The minimum atomic E-state index is -1.07. The smallest absolute Gasteiger partial charge is 0.249 e. The molecule has 1 aliphatic carbocycles. The molecule has 1 saturated carbocycles. The second-order valence-electron chi connectivity index (χ2n) is 9.55. The largest absolute Gasteiger partial charge is 0.351 e. The van der Waals surface area contributed by atoms with Gasteiger partial charge in [0.25, 0.3) is 0 Å². The summed E-state index contributed by atoms with van der Waals surface area (Å²) in [6, 6.07) is 18.4. The lowest BCUT2D eigenvalue weighted by Gasteiger charge is -2.32. The lowest BCUT2D eigenvalue weighted by atomic mass is 10.0. The van der Waals surface area contributed by atoms with E-state index in [1.807, 2.05) is 18.2 Å². The normalized spacial score (nSPS) is 14.4. The number of anilines is 1. The first-order valence-corrected chi connectivity index (χ1v) is 12.7. The van der Waals surface area contributed by atoms with Crippen molar-refractivity contribution in [1.82, 2.24) is 20.3 Å². The number of amides is 2. The summed E-state index contributed by atoms with van der Waals surface area (Å²) in [5.41, 5.74) is 2.71. The number of nitrogens with one attached hydrogen (secondary N) is 1. The number of ketones is 1. The van der Waals surface area contributed by atoms with E-state index < -0.39 is 17.8 Å². The number of hydrogen-bond acceptors (Lipinski definition) is 5. The van der Waals surface area contributed by atoms with E-state index in [4.69, 9.17) is 0 Å². The van der Waals surface area contributed by atoms with Crippen LogP contribution in [0.25, 0.3) is 11.0 Å². The van der Waals surface area contributed by atoms with Crippen molar-refractivity contribution in [2.45, 2.75) is 51.2 Å². The molecule has 0 saturated heterocycles. The van der Waals surface area contributed by atoms with Gasteiger partial charge in [-0.1, -0.05) is 42.3 Å². The van der Waals surface area contributed by atoms with E-state index in [2.05, 4.69) is 15.6 Å².